The Bertz CT molecular complexity index is 1260. The van der Waals surface area contributed by atoms with E-state index in [0.717, 1.165) is 59.5 Å². The predicted octanol–water partition coefficient (Wildman–Crippen LogP) is 5.19. The lowest BCUT2D eigenvalue weighted by Crippen LogP contribution is -2.35. The molecule has 1 aliphatic heterocycles. The van der Waals surface area contributed by atoms with Crippen molar-refractivity contribution in [3.8, 4) is 0 Å². The lowest BCUT2D eigenvalue weighted by Gasteiger charge is -2.20. The Hall–Kier alpha value is -2.54. The van der Waals surface area contributed by atoms with Gasteiger partial charge in [0.25, 0.3) is 0 Å². The summed E-state index contributed by atoms with van der Waals surface area (Å²) >= 11 is 1.84. The molecule has 170 valence electrons. The first-order chi connectivity index (χ1) is 16.1. The molecule has 3 N–H and O–H groups in total. The maximum absolute atomic E-state index is 10.8. The third-order valence-corrected chi connectivity index (χ3v) is 8.28. The highest BCUT2D eigenvalue weighted by molar-refractivity contribution is 7.11. The average molecular weight is 459 g/mol. The van der Waals surface area contributed by atoms with Gasteiger partial charge in [-0.25, -0.2) is 9.97 Å². The summed E-state index contributed by atoms with van der Waals surface area (Å²) in [4.78, 5) is 14.8. The number of nitrogens with zero attached hydrogens (tertiary/aromatic N) is 2. The number of benzene rings is 2. The van der Waals surface area contributed by atoms with E-state index in [-0.39, 0.29) is 12.0 Å². The molecule has 33 heavy (non-hydrogen) atoms. The smallest absolute Gasteiger partial charge is 0.116 e. The quantitative estimate of drug-likeness (QED) is 0.385. The highest BCUT2D eigenvalue weighted by Crippen LogP contribution is 2.38. The van der Waals surface area contributed by atoms with Crippen LogP contribution in [0.4, 0.5) is 0 Å². The highest BCUT2D eigenvalue weighted by atomic mass is 32.1. The molecule has 4 aromatic rings. The number of thiazole rings is 1. The van der Waals surface area contributed by atoms with Gasteiger partial charge in [0.2, 0.25) is 0 Å². The van der Waals surface area contributed by atoms with E-state index in [1.165, 1.54) is 22.6 Å². The second kappa shape index (κ2) is 8.67. The van der Waals surface area contributed by atoms with Gasteiger partial charge in [-0.1, -0.05) is 36.4 Å². The lowest BCUT2D eigenvalue weighted by atomic mass is 9.90. The summed E-state index contributed by atoms with van der Waals surface area (Å²) < 4.78 is 0. The van der Waals surface area contributed by atoms with Gasteiger partial charge in [0.05, 0.1) is 33.8 Å². The number of rotatable bonds is 5. The van der Waals surface area contributed by atoms with Crippen LogP contribution in [0.15, 0.2) is 48.5 Å². The Labute approximate surface area is 198 Å². The molecule has 1 unspecified atom stereocenters. The summed E-state index contributed by atoms with van der Waals surface area (Å²) in [7, 11) is 0. The molecule has 6 rings (SSSR count). The Kier molecular flexibility index (Phi) is 5.52. The van der Waals surface area contributed by atoms with Gasteiger partial charge in [-0.05, 0) is 68.7 Å². The van der Waals surface area contributed by atoms with Gasteiger partial charge in [-0.2, -0.15) is 0 Å². The Balaban J connectivity index is 1.17. The van der Waals surface area contributed by atoms with Crippen LogP contribution in [0.2, 0.25) is 0 Å². The second-order valence-electron chi connectivity index (χ2n) is 9.57. The lowest BCUT2D eigenvalue weighted by molar-refractivity contribution is 0.135. The third-order valence-electron chi connectivity index (χ3n) is 7.24. The van der Waals surface area contributed by atoms with Crippen LogP contribution < -0.4 is 5.32 Å². The van der Waals surface area contributed by atoms with Crippen molar-refractivity contribution >= 4 is 22.4 Å². The molecule has 2 aromatic heterocycles. The molecule has 0 bridgehead atoms. The van der Waals surface area contributed by atoms with E-state index in [4.69, 9.17) is 9.97 Å². The summed E-state index contributed by atoms with van der Waals surface area (Å²) in [5.74, 6) is 1.34. The van der Waals surface area contributed by atoms with E-state index in [1.807, 2.05) is 41.7 Å². The van der Waals surface area contributed by atoms with Gasteiger partial charge in [0.15, 0.2) is 0 Å². The van der Waals surface area contributed by atoms with Crippen LogP contribution in [0.25, 0.3) is 11.0 Å². The topological polar surface area (TPSA) is 73.8 Å². The number of aromatic amines is 1. The molecule has 6 heteroatoms. The van der Waals surface area contributed by atoms with Crippen LogP contribution in [0.1, 0.15) is 70.2 Å². The molecule has 1 aliphatic carbocycles. The zero-order valence-corrected chi connectivity index (χ0v) is 19.7. The number of aliphatic hydroxyl groups excluding tert-OH is 1. The minimum atomic E-state index is -0.455. The van der Waals surface area contributed by atoms with Crippen molar-refractivity contribution < 1.29 is 5.11 Å². The molecule has 2 aliphatic rings. The van der Waals surface area contributed by atoms with E-state index in [2.05, 4.69) is 35.4 Å². The fourth-order valence-electron chi connectivity index (χ4n) is 5.60. The van der Waals surface area contributed by atoms with Gasteiger partial charge in [-0.15, -0.1) is 11.3 Å². The van der Waals surface area contributed by atoms with Crippen molar-refractivity contribution in [2.24, 2.45) is 0 Å². The number of aromatic nitrogens is 3. The van der Waals surface area contributed by atoms with Gasteiger partial charge in [0, 0.05) is 17.0 Å². The van der Waals surface area contributed by atoms with Crippen molar-refractivity contribution in [2.75, 3.05) is 0 Å². The first-order valence-corrected chi connectivity index (χ1v) is 12.9. The van der Waals surface area contributed by atoms with Gasteiger partial charge < -0.3 is 15.4 Å². The number of aryl methyl sites for hydroxylation is 2. The molecular weight excluding hydrogens is 428 g/mol. The number of imidazole rings is 1. The molecular formula is C27H30N4OS. The molecule has 0 amide bonds. The fraction of sp³-hybridized carbons (Fsp3) is 0.407. The van der Waals surface area contributed by atoms with Crippen molar-refractivity contribution in [2.45, 2.75) is 69.6 Å². The Morgan fingerprint density at radius 2 is 1.97 bits per heavy atom. The number of hydrogen-bond donors (Lipinski definition) is 3. The highest BCUT2D eigenvalue weighted by Gasteiger charge is 2.30. The van der Waals surface area contributed by atoms with Crippen LogP contribution in [-0.4, -0.2) is 32.1 Å². The first kappa shape index (κ1) is 21.0. The predicted molar refractivity (Wildman–Crippen MR) is 133 cm³/mol. The zero-order valence-electron chi connectivity index (χ0n) is 18.9. The van der Waals surface area contributed by atoms with Crippen LogP contribution >= 0.6 is 11.3 Å². The maximum Gasteiger partial charge on any atom is 0.116 e. The number of nitrogens with one attached hydrogen (secondary N) is 2. The standard InChI is InChI=1S/C27H30N4OS/c1-16-28-25-20(8-5-9-24(25)33-16)27-30-21-12-10-17(15-23(21)31-27)14-19-11-13-22(29-19)26(32)18-6-3-2-4-7-18/h2-4,6-7,10,12,15,19-20,22,26,29,32H,5,8-9,11,13-14H2,1H3,(H,30,31)/t19-,20?,22+,26+/m0/s1. The van der Waals surface area contributed by atoms with Gasteiger partial charge in [0.1, 0.15) is 5.82 Å². The van der Waals surface area contributed by atoms with E-state index in [0.29, 0.717) is 6.04 Å². The van der Waals surface area contributed by atoms with Crippen LogP contribution in [0.5, 0.6) is 0 Å². The minimum absolute atomic E-state index is 0.113. The fourth-order valence-corrected chi connectivity index (χ4v) is 6.64. The van der Waals surface area contributed by atoms with E-state index >= 15 is 0 Å². The molecule has 4 atom stereocenters. The van der Waals surface area contributed by atoms with Crippen LogP contribution in [0.3, 0.4) is 0 Å². The van der Waals surface area contributed by atoms with E-state index < -0.39 is 6.10 Å². The Morgan fingerprint density at radius 1 is 1.09 bits per heavy atom. The molecule has 5 nitrogen and oxygen atoms in total. The monoisotopic (exact) mass is 458 g/mol. The SMILES string of the molecule is Cc1nc2c(s1)CCCC2c1nc2ccc(C[C@@H]3CC[C@H]([C@H](O)c4ccccc4)N3)cc2[nH]1. The number of fused-ring (bicyclic) bond motifs is 2. The van der Waals surface area contributed by atoms with Crippen molar-refractivity contribution in [1.29, 1.82) is 0 Å². The average Bonchev–Trinajstić information content (AvgIpc) is 3.56. The van der Waals surface area contributed by atoms with Gasteiger partial charge >= 0.3 is 0 Å². The number of aliphatic hydroxyl groups is 1. The molecule has 0 spiro atoms. The van der Waals surface area contributed by atoms with E-state index in [1.54, 1.807) is 0 Å². The van der Waals surface area contributed by atoms with Crippen molar-refractivity contribution in [1.82, 2.24) is 20.3 Å². The zero-order chi connectivity index (χ0) is 22.4. The minimum Gasteiger partial charge on any atom is -0.387 e. The number of H-pyrrole nitrogens is 1. The van der Waals surface area contributed by atoms with Crippen LogP contribution in [-0.2, 0) is 12.8 Å². The largest absolute Gasteiger partial charge is 0.387 e. The molecule has 2 aromatic carbocycles. The molecule has 0 saturated carbocycles. The maximum atomic E-state index is 10.8. The van der Waals surface area contributed by atoms with E-state index in [9.17, 15) is 5.11 Å². The third kappa shape index (κ3) is 4.12. The molecule has 3 heterocycles. The second-order valence-corrected chi connectivity index (χ2v) is 10.9. The molecule has 1 saturated heterocycles. The molecule has 0 radical (unpaired) electrons. The Morgan fingerprint density at radius 3 is 2.85 bits per heavy atom. The summed E-state index contributed by atoms with van der Waals surface area (Å²) in [5.41, 5.74) is 5.67. The number of hydrogen-bond acceptors (Lipinski definition) is 5. The first-order valence-electron chi connectivity index (χ1n) is 12.1. The normalized spacial score (nSPS) is 23.6. The summed E-state index contributed by atoms with van der Waals surface area (Å²) in [6.45, 7) is 2.10. The summed E-state index contributed by atoms with van der Waals surface area (Å²) in [5, 5.41) is 15.6. The van der Waals surface area contributed by atoms with Crippen molar-refractivity contribution in [3.63, 3.8) is 0 Å². The van der Waals surface area contributed by atoms with Crippen molar-refractivity contribution in [3.05, 3.63) is 81.1 Å². The summed E-state index contributed by atoms with van der Waals surface area (Å²) in [6.07, 6.45) is 6.04. The molecule has 1 fully saturated rings. The van der Waals surface area contributed by atoms with Crippen LogP contribution in [0, 0.1) is 6.92 Å². The summed E-state index contributed by atoms with van der Waals surface area (Å²) in [6, 6.07) is 17.1. The van der Waals surface area contributed by atoms with Gasteiger partial charge in [-0.3, -0.25) is 0 Å².